The van der Waals surface area contributed by atoms with Crippen LogP contribution in [0.5, 0.6) is 5.75 Å². The number of ether oxygens (including phenoxy) is 1. The van der Waals surface area contributed by atoms with Crippen LogP contribution < -0.4 is 16.0 Å². The van der Waals surface area contributed by atoms with Crippen LogP contribution in [-0.4, -0.2) is 22.4 Å². The van der Waals surface area contributed by atoms with Gasteiger partial charge in [0.25, 0.3) is 5.56 Å². The third-order valence-electron chi connectivity index (χ3n) is 4.16. The molecule has 0 aliphatic carbocycles. The van der Waals surface area contributed by atoms with Crippen molar-refractivity contribution in [1.29, 1.82) is 0 Å². The number of fused-ring (bicyclic) bond motifs is 1. The van der Waals surface area contributed by atoms with Crippen LogP contribution in [0.2, 0.25) is 10.0 Å². The standard InChI is InChI=1S/C20H15Cl2F2N3O3/c1-3-25-15(10(2)23)9-30-17-8-16(12(22)7-13(17)24)27-19(28)18-11(21)5-4-6-14(18)26-20(27)29/h3-8H,9H2,1-2H3,(H,26,29)/b15-10+,25-3?. The highest BCUT2D eigenvalue weighted by molar-refractivity contribution is 6.35. The Morgan fingerprint density at radius 1 is 1.27 bits per heavy atom. The molecular formula is C20H15Cl2F2N3O3. The van der Waals surface area contributed by atoms with E-state index in [2.05, 4.69) is 9.98 Å². The predicted octanol–water partition coefficient (Wildman–Crippen LogP) is 4.80. The molecule has 0 fully saturated rings. The maximum atomic E-state index is 14.3. The molecule has 0 amide bonds. The third-order valence-corrected chi connectivity index (χ3v) is 4.78. The third kappa shape index (κ3) is 4.15. The highest BCUT2D eigenvalue weighted by Gasteiger charge is 2.18. The molecule has 3 aromatic rings. The van der Waals surface area contributed by atoms with Gasteiger partial charge in [-0.1, -0.05) is 29.3 Å². The Hall–Kier alpha value is -2.97. The van der Waals surface area contributed by atoms with Crippen molar-refractivity contribution in [2.24, 2.45) is 4.99 Å². The lowest BCUT2D eigenvalue weighted by atomic mass is 10.2. The number of H-pyrrole nitrogens is 1. The van der Waals surface area contributed by atoms with Crippen LogP contribution >= 0.6 is 23.2 Å². The number of allylic oxidation sites excluding steroid dienone is 1. The number of halogens is 4. The Morgan fingerprint density at radius 2 is 2.00 bits per heavy atom. The first-order valence-electron chi connectivity index (χ1n) is 8.64. The first-order valence-corrected chi connectivity index (χ1v) is 9.40. The minimum Gasteiger partial charge on any atom is -0.484 e. The second kappa shape index (κ2) is 8.81. The Labute approximate surface area is 179 Å². The van der Waals surface area contributed by atoms with Crippen LogP contribution in [0.1, 0.15) is 13.8 Å². The van der Waals surface area contributed by atoms with Gasteiger partial charge in [0, 0.05) is 12.3 Å². The number of nitrogens with one attached hydrogen (secondary N) is 1. The van der Waals surface area contributed by atoms with Gasteiger partial charge in [-0.15, -0.1) is 0 Å². The van der Waals surface area contributed by atoms with Gasteiger partial charge in [-0.2, -0.15) is 0 Å². The number of benzene rings is 2. The molecule has 1 N–H and O–H groups in total. The molecule has 0 spiro atoms. The molecule has 1 aromatic heterocycles. The number of hydrogen-bond acceptors (Lipinski definition) is 4. The first kappa shape index (κ1) is 21.7. The monoisotopic (exact) mass is 453 g/mol. The van der Waals surface area contributed by atoms with E-state index in [0.717, 1.165) is 16.7 Å². The van der Waals surface area contributed by atoms with Crippen LogP contribution in [0.15, 0.2) is 56.4 Å². The summed E-state index contributed by atoms with van der Waals surface area (Å²) in [5.41, 5.74) is -1.46. The van der Waals surface area contributed by atoms with Gasteiger partial charge in [-0.05, 0) is 32.0 Å². The molecule has 0 aliphatic heterocycles. The predicted molar refractivity (Wildman–Crippen MR) is 114 cm³/mol. The summed E-state index contributed by atoms with van der Waals surface area (Å²) in [6.07, 6.45) is 1.36. The van der Waals surface area contributed by atoms with Crippen molar-refractivity contribution in [2.75, 3.05) is 6.61 Å². The molecule has 0 unspecified atom stereocenters. The van der Waals surface area contributed by atoms with Crippen molar-refractivity contribution in [1.82, 2.24) is 9.55 Å². The zero-order valence-electron chi connectivity index (χ0n) is 15.8. The lowest BCUT2D eigenvalue weighted by Gasteiger charge is -2.13. The smallest absolute Gasteiger partial charge is 0.333 e. The summed E-state index contributed by atoms with van der Waals surface area (Å²) in [6, 6.07) is 6.58. The van der Waals surface area contributed by atoms with E-state index in [-0.39, 0.29) is 44.7 Å². The molecule has 0 saturated heterocycles. The molecule has 0 atom stereocenters. The van der Waals surface area contributed by atoms with Gasteiger partial charge in [0.15, 0.2) is 11.6 Å². The summed E-state index contributed by atoms with van der Waals surface area (Å²) < 4.78 is 33.9. The van der Waals surface area contributed by atoms with Gasteiger partial charge in [0.05, 0.1) is 26.6 Å². The topological polar surface area (TPSA) is 76.5 Å². The van der Waals surface area contributed by atoms with Gasteiger partial charge in [-0.3, -0.25) is 9.79 Å². The number of aromatic amines is 1. The summed E-state index contributed by atoms with van der Waals surface area (Å²) in [7, 11) is 0. The van der Waals surface area contributed by atoms with Gasteiger partial charge in [0.2, 0.25) is 0 Å². The van der Waals surface area contributed by atoms with Gasteiger partial charge >= 0.3 is 5.69 Å². The minimum atomic E-state index is -0.858. The molecule has 0 radical (unpaired) electrons. The summed E-state index contributed by atoms with van der Waals surface area (Å²) in [6.45, 7) is 2.40. The molecular weight excluding hydrogens is 439 g/mol. The highest BCUT2D eigenvalue weighted by atomic mass is 35.5. The van der Waals surface area contributed by atoms with Crippen molar-refractivity contribution in [3.63, 3.8) is 0 Å². The highest BCUT2D eigenvalue weighted by Crippen LogP contribution is 2.29. The fourth-order valence-electron chi connectivity index (χ4n) is 2.77. The lowest BCUT2D eigenvalue weighted by Crippen LogP contribution is -2.34. The van der Waals surface area contributed by atoms with Crippen LogP contribution in [0.4, 0.5) is 8.78 Å². The lowest BCUT2D eigenvalue weighted by molar-refractivity contribution is 0.326. The fourth-order valence-corrected chi connectivity index (χ4v) is 3.26. The van der Waals surface area contributed by atoms with E-state index in [1.807, 2.05) is 0 Å². The average Bonchev–Trinajstić information content (AvgIpc) is 2.67. The minimum absolute atomic E-state index is 0.0408. The maximum absolute atomic E-state index is 14.3. The molecule has 0 aliphatic rings. The Bertz CT molecular complexity index is 1310. The molecule has 6 nitrogen and oxygen atoms in total. The van der Waals surface area contributed by atoms with Crippen LogP contribution in [0.25, 0.3) is 16.6 Å². The summed E-state index contributed by atoms with van der Waals surface area (Å²) >= 11 is 12.2. The number of aromatic nitrogens is 2. The molecule has 2 aromatic carbocycles. The van der Waals surface area contributed by atoms with Gasteiger partial charge in [-0.25, -0.2) is 18.1 Å². The quantitative estimate of drug-likeness (QED) is 0.563. The second-order valence-corrected chi connectivity index (χ2v) is 6.94. The van der Waals surface area contributed by atoms with Crippen molar-refractivity contribution < 1.29 is 13.5 Å². The molecule has 0 saturated carbocycles. The number of nitrogens with zero attached hydrogens (tertiary/aromatic N) is 2. The van der Waals surface area contributed by atoms with E-state index >= 15 is 0 Å². The summed E-state index contributed by atoms with van der Waals surface area (Å²) in [4.78, 5) is 31.9. The number of rotatable bonds is 5. The molecule has 30 heavy (non-hydrogen) atoms. The van der Waals surface area contributed by atoms with E-state index in [1.165, 1.54) is 25.3 Å². The normalized spacial score (nSPS) is 12.5. The zero-order valence-corrected chi connectivity index (χ0v) is 17.3. The zero-order chi connectivity index (χ0) is 22.0. The van der Waals surface area contributed by atoms with Gasteiger partial charge in [0.1, 0.15) is 18.1 Å². The van der Waals surface area contributed by atoms with E-state index in [0.29, 0.717) is 0 Å². The SMILES string of the molecule is CC=N/C(COc1cc(-n2c(=O)[nH]c3cccc(Cl)c3c2=O)c(Cl)cc1F)=C(\C)F. The maximum Gasteiger partial charge on any atom is 0.333 e. The molecule has 3 rings (SSSR count). The van der Waals surface area contributed by atoms with Crippen LogP contribution in [-0.2, 0) is 0 Å². The van der Waals surface area contributed by atoms with Crippen molar-refractivity contribution in [3.05, 3.63) is 78.6 Å². The van der Waals surface area contributed by atoms with E-state index < -0.39 is 22.9 Å². The van der Waals surface area contributed by atoms with E-state index in [4.69, 9.17) is 27.9 Å². The average molecular weight is 454 g/mol. The van der Waals surface area contributed by atoms with E-state index in [1.54, 1.807) is 13.0 Å². The molecule has 156 valence electrons. The summed E-state index contributed by atoms with van der Waals surface area (Å²) in [5.74, 6) is -1.80. The van der Waals surface area contributed by atoms with Crippen LogP contribution in [0, 0.1) is 5.82 Å². The van der Waals surface area contributed by atoms with Crippen molar-refractivity contribution in [3.8, 4) is 11.4 Å². The molecule has 1 heterocycles. The Kier molecular flexibility index (Phi) is 6.38. The first-order chi connectivity index (χ1) is 14.2. The Balaban J connectivity index is 2.16. The molecule has 10 heteroatoms. The second-order valence-electron chi connectivity index (χ2n) is 6.12. The fraction of sp³-hybridized carbons (Fsp3) is 0.150. The van der Waals surface area contributed by atoms with E-state index in [9.17, 15) is 18.4 Å². The summed E-state index contributed by atoms with van der Waals surface area (Å²) in [5, 5.41) is -0.0112. The Morgan fingerprint density at radius 3 is 2.67 bits per heavy atom. The van der Waals surface area contributed by atoms with Crippen molar-refractivity contribution >= 4 is 40.3 Å². The number of aliphatic imine (C=N–C) groups is 1. The molecule has 0 bridgehead atoms. The largest absolute Gasteiger partial charge is 0.484 e. The van der Waals surface area contributed by atoms with Gasteiger partial charge < -0.3 is 9.72 Å². The van der Waals surface area contributed by atoms with Crippen molar-refractivity contribution in [2.45, 2.75) is 13.8 Å². The number of hydrogen-bond donors (Lipinski definition) is 1. The van der Waals surface area contributed by atoms with Crippen LogP contribution in [0.3, 0.4) is 0 Å².